The highest BCUT2D eigenvalue weighted by Crippen LogP contribution is 2.15. The summed E-state index contributed by atoms with van der Waals surface area (Å²) in [5.74, 6) is 0.144. The highest BCUT2D eigenvalue weighted by atomic mass is 19.1. The molecule has 0 aliphatic carbocycles. The maximum atomic E-state index is 12.9. The van der Waals surface area contributed by atoms with E-state index in [-0.39, 0.29) is 11.7 Å². The number of nitrogens with one attached hydrogen (secondary N) is 1. The van der Waals surface area contributed by atoms with Gasteiger partial charge in [0.15, 0.2) is 5.82 Å². The molecule has 0 fully saturated rings. The van der Waals surface area contributed by atoms with Gasteiger partial charge in [-0.15, -0.1) is 0 Å². The number of aromatic nitrogens is 3. The van der Waals surface area contributed by atoms with Gasteiger partial charge >= 0.3 is 0 Å². The summed E-state index contributed by atoms with van der Waals surface area (Å²) in [6.07, 6.45) is 1.53. The van der Waals surface area contributed by atoms with Gasteiger partial charge in [0, 0.05) is 18.4 Å². The molecule has 6 heteroatoms. The molecule has 0 unspecified atom stereocenters. The minimum Gasteiger partial charge on any atom is -0.348 e. The first-order valence-electron chi connectivity index (χ1n) is 7.97. The normalized spacial score (nSPS) is 10.7. The Morgan fingerprint density at radius 2 is 1.84 bits per heavy atom. The van der Waals surface area contributed by atoms with E-state index in [1.165, 1.54) is 18.3 Å². The molecule has 128 valence electrons. The first-order valence-corrected chi connectivity index (χ1v) is 7.97. The Kier molecular flexibility index (Phi) is 4.61. The number of rotatable bonds is 4. The summed E-state index contributed by atoms with van der Waals surface area (Å²) in [4.78, 5) is 16.6. The second-order valence-corrected chi connectivity index (χ2v) is 5.92. The number of hydrogen-bond acceptors (Lipinski definition) is 3. The van der Waals surface area contributed by atoms with Crippen LogP contribution in [0, 0.1) is 26.6 Å². The Hall–Kier alpha value is -3.02. The third kappa shape index (κ3) is 3.57. The van der Waals surface area contributed by atoms with Crippen LogP contribution in [0.2, 0.25) is 0 Å². The SMILES string of the molecule is Cc1nn(-c2ccc(C(=O)NCc3ccc(F)cc3)cn2)c(C)c1C. The third-order valence-corrected chi connectivity index (χ3v) is 4.25. The quantitative estimate of drug-likeness (QED) is 0.794. The smallest absolute Gasteiger partial charge is 0.253 e. The average molecular weight is 338 g/mol. The van der Waals surface area contributed by atoms with Crippen LogP contribution in [-0.2, 0) is 6.54 Å². The van der Waals surface area contributed by atoms with Crippen molar-refractivity contribution in [2.45, 2.75) is 27.3 Å². The van der Waals surface area contributed by atoms with Crippen LogP contribution in [-0.4, -0.2) is 20.7 Å². The van der Waals surface area contributed by atoms with E-state index in [0.717, 1.165) is 22.5 Å². The van der Waals surface area contributed by atoms with Gasteiger partial charge in [0.05, 0.1) is 11.3 Å². The van der Waals surface area contributed by atoms with Crippen LogP contribution < -0.4 is 5.32 Å². The standard InChI is InChI=1S/C19H19FN4O/c1-12-13(2)23-24(14(12)3)18-9-6-16(11-21-18)19(25)22-10-15-4-7-17(20)8-5-15/h4-9,11H,10H2,1-3H3,(H,22,25). The molecule has 0 bridgehead atoms. The van der Waals surface area contributed by atoms with Gasteiger partial charge in [-0.05, 0) is 56.2 Å². The lowest BCUT2D eigenvalue weighted by Crippen LogP contribution is -2.23. The highest BCUT2D eigenvalue weighted by Gasteiger charge is 2.11. The van der Waals surface area contributed by atoms with E-state index in [1.807, 2.05) is 20.8 Å². The van der Waals surface area contributed by atoms with Gasteiger partial charge in [-0.25, -0.2) is 14.1 Å². The maximum Gasteiger partial charge on any atom is 0.253 e. The summed E-state index contributed by atoms with van der Waals surface area (Å²) in [6, 6.07) is 9.51. The van der Waals surface area contributed by atoms with Crippen LogP contribution in [0.1, 0.15) is 32.9 Å². The van der Waals surface area contributed by atoms with Crippen molar-refractivity contribution in [1.82, 2.24) is 20.1 Å². The average Bonchev–Trinajstić information content (AvgIpc) is 2.88. The van der Waals surface area contributed by atoms with E-state index in [4.69, 9.17) is 0 Å². The van der Waals surface area contributed by atoms with Crippen LogP contribution in [0.4, 0.5) is 4.39 Å². The Labute approximate surface area is 145 Å². The molecular weight excluding hydrogens is 319 g/mol. The number of hydrogen-bond donors (Lipinski definition) is 1. The topological polar surface area (TPSA) is 59.8 Å². The number of halogens is 1. The minimum absolute atomic E-state index is 0.229. The van der Waals surface area contributed by atoms with Crippen molar-refractivity contribution in [1.29, 1.82) is 0 Å². The number of pyridine rings is 1. The van der Waals surface area contributed by atoms with Crippen molar-refractivity contribution in [3.63, 3.8) is 0 Å². The molecule has 0 atom stereocenters. The molecule has 1 aromatic carbocycles. The molecule has 25 heavy (non-hydrogen) atoms. The molecule has 2 aromatic heterocycles. The number of aryl methyl sites for hydroxylation is 1. The summed E-state index contributed by atoms with van der Waals surface area (Å²) in [7, 11) is 0. The number of benzene rings is 1. The first kappa shape index (κ1) is 16.8. The predicted molar refractivity (Wildman–Crippen MR) is 93.1 cm³/mol. The molecule has 5 nitrogen and oxygen atoms in total. The van der Waals surface area contributed by atoms with Gasteiger partial charge in [-0.3, -0.25) is 4.79 Å². The van der Waals surface area contributed by atoms with E-state index in [0.29, 0.717) is 17.9 Å². The molecule has 0 saturated heterocycles. The minimum atomic E-state index is -0.297. The molecule has 0 aliphatic heterocycles. The zero-order valence-corrected chi connectivity index (χ0v) is 14.4. The van der Waals surface area contributed by atoms with Gasteiger partial charge < -0.3 is 5.32 Å². The second-order valence-electron chi connectivity index (χ2n) is 5.92. The van der Waals surface area contributed by atoms with Gasteiger partial charge in [0.2, 0.25) is 0 Å². The van der Waals surface area contributed by atoms with Crippen LogP contribution in [0.15, 0.2) is 42.6 Å². The zero-order chi connectivity index (χ0) is 18.0. The Morgan fingerprint density at radius 1 is 1.12 bits per heavy atom. The lowest BCUT2D eigenvalue weighted by Gasteiger charge is -2.07. The van der Waals surface area contributed by atoms with Crippen LogP contribution >= 0.6 is 0 Å². The Bertz CT molecular complexity index is 898. The Morgan fingerprint density at radius 3 is 2.40 bits per heavy atom. The van der Waals surface area contributed by atoms with Crippen molar-refractivity contribution in [2.75, 3.05) is 0 Å². The number of carbonyl (C=O) groups is 1. The Balaban J connectivity index is 1.70. The summed E-state index contributed by atoms with van der Waals surface area (Å²) >= 11 is 0. The van der Waals surface area contributed by atoms with E-state index in [9.17, 15) is 9.18 Å². The molecule has 3 rings (SSSR count). The van der Waals surface area contributed by atoms with Crippen molar-refractivity contribution in [3.8, 4) is 5.82 Å². The van der Waals surface area contributed by atoms with Crippen LogP contribution in [0.25, 0.3) is 5.82 Å². The summed E-state index contributed by atoms with van der Waals surface area (Å²) in [5, 5.41) is 7.26. The fourth-order valence-corrected chi connectivity index (χ4v) is 2.48. The third-order valence-electron chi connectivity index (χ3n) is 4.25. The molecule has 0 saturated carbocycles. The summed E-state index contributed by atoms with van der Waals surface area (Å²) in [5.41, 5.74) is 4.41. The van der Waals surface area contributed by atoms with Crippen molar-refractivity contribution >= 4 is 5.91 Å². The fourth-order valence-electron chi connectivity index (χ4n) is 2.48. The monoisotopic (exact) mass is 338 g/mol. The largest absolute Gasteiger partial charge is 0.348 e. The molecule has 0 radical (unpaired) electrons. The van der Waals surface area contributed by atoms with E-state index in [1.54, 1.807) is 28.9 Å². The predicted octanol–water partition coefficient (Wildman–Crippen LogP) is 3.26. The lowest BCUT2D eigenvalue weighted by molar-refractivity contribution is 0.0950. The van der Waals surface area contributed by atoms with Gasteiger partial charge in [0.25, 0.3) is 5.91 Å². The molecule has 0 spiro atoms. The molecular formula is C19H19FN4O. The van der Waals surface area contributed by atoms with E-state index in [2.05, 4.69) is 15.4 Å². The number of carbonyl (C=O) groups excluding carboxylic acids is 1. The first-order chi connectivity index (χ1) is 12.0. The van der Waals surface area contributed by atoms with Crippen LogP contribution in [0.3, 0.4) is 0 Å². The number of nitrogens with zero attached hydrogens (tertiary/aromatic N) is 3. The van der Waals surface area contributed by atoms with Gasteiger partial charge in [0.1, 0.15) is 5.82 Å². The van der Waals surface area contributed by atoms with E-state index < -0.39 is 0 Å². The lowest BCUT2D eigenvalue weighted by atomic mass is 10.2. The van der Waals surface area contributed by atoms with E-state index >= 15 is 0 Å². The number of amides is 1. The van der Waals surface area contributed by atoms with Crippen molar-refractivity contribution in [3.05, 3.63) is 76.5 Å². The van der Waals surface area contributed by atoms with Crippen molar-refractivity contribution < 1.29 is 9.18 Å². The second kappa shape index (κ2) is 6.84. The fraction of sp³-hybridized carbons (Fsp3) is 0.211. The molecule has 2 heterocycles. The van der Waals surface area contributed by atoms with Gasteiger partial charge in [-0.2, -0.15) is 5.10 Å². The van der Waals surface area contributed by atoms with Crippen LogP contribution in [0.5, 0.6) is 0 Å². The zero-order valence-electron chi connectivity index (χ0n) is 14.4. The molecule has 3 aromatic rings. The van der Waals surface area contributed by atoms with Crippen molar-refractivity contribution in [2.24, 2.45) is 0 Å². The molecule has 0 aliphatic rings. The highest BCUT2D eigenvalue weighted by molar-refractivity contribution is 5.93. The molecule has 1 N–H and O–H groups in total. The van der Waals surface area contributed by atoms with Gasteiger partial charge in [-0.1, -0.05) is 12.1 Å². The molecule has 1 amide bonds. The summed E-state index contributed by atoms with van der Waals surface area (Å²) < 4.78 is 14.6. The summed E-state index contributed by atoms with van der Waals surface area (Å²) in [6.45, 7) is 6.29. The maximum absolute atomic E-state index is 12.9.